The third-order valence-corrected chi connectivity index (χ3v) is 3.95. The molecule has 3 nitrogen and oxygen atoms in total. The van der Waals surface area contributed by atoms with Crippen LogP contribution in [-0.4, -0.2) is 9.97 Å². The van der Waals surface area contributed by atoms with Gasteiger partial charge < -0.3 is 5.73 Å². The van der Waals surface area contributed by atoms with E-state index in [2.05, 4.69) is 9.97 Å². The lowest BCUT2D eigenvalue weighted by atomic mass is 10.1. The molecule has 2 N–H and O–H groups in total. The summed E-state index contributed by atoms with van der Waals surface area (Å²) in [5, 5.41) is 0.956. The predicted octanol–water partition coefficient (Wildman–Crippen LogP) is 3.07. The first kappa shape index (κ1) is 12.2. The molecule has 0 aliphatic rings. The van der Waals surface area contributed by atoms with Crippen molar-refractivity contribution in [1.82, 2.24) is 9.97 Å². The number of benzene rings is 1. The number of halogens is 1. The van der Waals surface area contributed by atoms with Gasteiger partial charge in [-0.05, 0) is 23.8 Å². The molecule has 3 rings (SSSR count). The lowest BCUT2D eigenvalue weighted by Gasteiger charge is -2.09. The van der Waals surface area contributed by atoms with Gasteiger partial charge in [0.25, 0.3) is 0 Å². The van der Waals surface area contributed by atoms with E-state index in [1.54, 1.807) is 17.5 Å². The maximum absolute atomic E-state index is 13.1. The molecule has 1 atom stereocenters. The number of pyridine rings is 1. The van der Waals surface area contributed by atoms with Crippen LogP contribution in [0.15, 0.2) is 42.7 Å². The van der Waals surface area contributed by atoms with Gasteiger partial charge in [0.05, 0.1) is 21.4 Å². The van der Waals surface area contributed by atoms with Crippen molar-refractivity contribution in [1.29, 1.82) is 0 Å². The molecule has 19 heavy (non-hydrogen) atoms. The minimum Gasteiger partial charge on any atom is -0.324 e. The van der Waals surface area contributed by atoms with Gasteiger partial charge in [0.1, 0.15) is 5.82 Å². The molecule has 0 bridgehead atoms. The average Bonchev–Trinajstić information content (AvgIpc) is 2.80. The summed E-state index contributed by atoms with van der Waals surface area (Å²) in [6.45, 7) is 0. The average molecular weight is 273 g/mol. The molecule has 0 spiro atoms. The Labute approximate surface area is 113 Å². The Morgan fingerprint density at radius 3 is 2.89 bits per heavy atom. The summed E-state index contributed by atoms with van der Waals surface area (Å²) in [4.78, 5) is 8.34. The fourth-order valence-corrected chi connectivity index (χ4v) is 2.97. The standard InChI is InChI=1S/C14H12FN3S/c15-10-5-9(7-17-8-10)11(16)6-14-18-12-3-1-2-4-13(12)19-14/h1-5,7-8,11H,6,16H2. The third kappa shape index (κ3) is 2.62. The number of thiazole rings is 1. The van der Waals surface area contributed by atoms with Gasteiger partial charge in [0.15, 0.2) is 0 Å². The molecule has 2 aromatic heterocycles. The van der Waals surface area contributed by atoms with Crippen molar-refractivity contribution >= 4 is 21.6 Å². The Balaban J connectivity index is 1.84. The van der Waals surface area contributed by atoms with Gasteiger partial charge in [-0.1, -0.05) is 12.1 Å². The molecule has 0 fully saturated rings. The number of hydrogen-bond donors (Lipinski definition) is 1. The summed E-state index contributed by atoms with van der Waals surface area (Å²) < 4.78 is 14.2. The Morgan fingerprint density at radius 2 is 2.11 bits per heavy atom. The SMILES string of the molecule is NC(Cc1nc2ccccc2s1)c1cncc(F)c1. The molecule has 0 saturated carbocycles. The van der Waals surface area contributed by atoms with Crippen LogP contribution in [0, 0.1) is 5.82 Å². The van der Waals surface area contributed by atoms with E-state index in [1.165, 1.54) is 12.3 Å². The number of nitrogens with zero attached hydrogens (tertiary/aromatic N) is 2. The fourth-order valence-electron chi connectivity index (χ4n) is 1.94. The smallest absolute Gasteiger partial charge is 0.141 e. The van der Waals surface area contributed by atoms with Crippen molar-refractivity contribution in [2.75, 3.05) is 0 Å². The van der Waals surface area contributed by atoms with Crippen LogP contribution in [-0.2, 0) is 6.42 Å². The van der Waals surface area contributed by atoms with Crippen LogP contribution >= 0.6 is 11.3 Å². The van der Waals surface area contributed by atoms with Gasteiger partial charge in [-0.25, -0.2) is 9.37 Å². The molecule has 0 aliphatic heterocycles. The van der Waals surface area contributed by atoms with E-state index >= 15 is 0 Å². The van der Waals surface area contributed by atoms with Crippen molar-refractivity contribution in [3.05, 3.63) is 59.1 Å². The van der Waals surface area contributed by atoms with E-state index in [0.29, 0.717) is 12.0 Å². The molecule has 0 amide bonds. The van der Waals surface area contributed by atoms with Crippen molar-refractivity contribution in [2.45, 2.75) is 12.5 Å². The number of para-hydroxylation sites is 1. The number of hydrogen-bond acceptors (Lipinski definition) is 4. The van der Waals surface area contributed by atoms with Crippen LogP contribution in [0.5, 0.6) is 0 Å². The van der Waals surface area contributed by atoms with E-state index in [9.17, 15) is 4.39 Å². The van der Waals surface area contributed by atoms with Crippen molar-refractivity contribution < 1.29 is 4.39 Å². The molecule has 3 aromatic rings. The zero-order valence-corrected chi connectivity index (χ0v) is 10.9. The first-order valence-electron chi connectivity index (χ1n) is 5.93. The van der Waals surface area contributed by atoms with E-state index in [4.69, 9.17) is 5.73 Å². The maximum atomic E-state index is 13.1. The van der Waals surface area contributed by atoms with Gasteiger partial charge in [-0.2, -0.15) is 0 Å². The Bertz CT molecular complexity index is 677. The zero-order valence-electron chi connectivity index (χ0n) is 10.1. The van der Waals surface area contributed by atoms with Crippen molar-refractivity contribution in [2.24, 2.45) is 5.73 Å². The van der Waals surface area contributed by atoms with Gasteiger partial charge in [-0.15, -0.1) is 11.3 Å². The summed E-state index contributed by atoms with van der Waals surface area (Å²) in [6, 6.07) is 9.09. The van der Waals surface area contributed by atoms with Crippen LogP contribution in [0.4, 0.5) is 4.39 Å². The van der Waals surface area contributed by atoms with Crippen LogP contribution in [0.25, 0.3) is 10.2 Å². The fraction of sp³-hybridized carbons (Fsp3) is 0.143. The highest BCUT2D eigenvalue weighted by atomic mass is 32.1. The van der Waals surface area contributed by atoms with Gasteiger partial charge in [-0.3, -0.25) is 4.98 Å². The molecule has 1 aromatic carbocycles. The molecule has 2 heterocycles. The second-order valence-corrected chi connectivity index (χ2v) is 5.44. The molecule has 0 aliphatic carbocycles. The number of fused-ring (bicyclic) bond motifs is 1. The van der Waals surface area contributed by atoms with E-state index in [0.717, 1.165) is 15.2 Å². The summed E-state index contributed by atoms with van der Waals surface area (Å²) in [7, 11) is 0. The lowest BCUT2D eigenvalue weighted by molar-refractivity contribution is 0.610. The molecular formula is C14H12FN3S. The lowest BCUT2D eigenvalue weighted by Crippen LogP contribution is -2.13. The highest BCUT2D eigenvalue weighted by Gasteiger charge is 2.11. The Hall–Kier alpha value is -1.85. The quantitative estimate of drug-likeness (QED) is 0.798. The second kappa shape index (κ2) is 5.03. The van der Waals surface area contributed by atoms with E-state index in [-0.39, 0.29) is 11.9 Å². The van der Waals surface area contributed by atoms with E-state index < -0.39 is 0 Å². The summed E-state index contributed by atoms with van der Waals surface area (Å²) >= 11 is 1.62. The third-order valence-electron chi connectivity index (χ3n) is 2.89. The first-order chi connectivity index (χ1) is 9.22. The molecule has 0 radical (unpaired) electrons. The topological polar surface area (TPSA) is 51.8 Å². The van der Waals surface area contributed by atoms with Crippen LogP contribution in [0.1, 0.15) is 16.6 Å². The van der Waals surface area contributed by atoms with E-state index in [1.807, 2.05) is 24.3 Å². The van der Waals surface area contributed by atoms with Gasteiger partial charge >= 0.3 is 0 Å². The normalized spacial score (nSPS) is 12.7. The van der Waals surface area contributed by atoms with Crippen LogP contribution < -0.4 is 5.73 Å². The molecule has 96 valence electrons. The van der Waals surface area contributed by atoms with Crippen molar-refractivity contribution in [3.8, 4) is 0 Å². The first-order valence-corrected chi connectivity index (χ1v) is 6.74. The molecule has 5 heteroatoms. The number of nitrogens with two attached hydrogens (primary N) is 1. The Kier molecular flexibility index (Phi) is 3.23. The number of aromatic nitrogens is 2. The van der Waals surface area contributed by atoms with Gasteiger partial charge in [0, 0.05) is 18.7 Å². The summed E-state index contributed by atoms with van der Waals surface area (Å²) in [5.41, 5.74) is 7.75. The summed E-state index contributed by atoms with van der Waals surface area (Å²) in [5.74, 6) is -0.364. The highest BCUT2D eigenvalue weighted by molar-refractivity contribution is 7.18. The van der Waals surface area contributed by atoms with Gasteiger partial charge in [0.2, 0.25) is 0 Å². The minimum absolute atomic E-state index is 0.288. The maximum Gasteiger partial charge on any atom is 0.141 e. The predicted molar refractivity (Wildman–Crippen MR) is 74.4 cm³/mol. The highest BCUT2D eigenvalue weighted by Crippen LogP contribution is 2.25. The second-order valence-electron chi connectivity index (χ2n) is 4.32. The Morgan fingerprint density at radius 1 is 1.26 bits per heavy atom. The van der Waals surface area contributed by atoms with Crippen molar-refractivity contribution in [3.63, 3.8) is 0 Å². The van der Waals surface area contributed by atoms with Crippen LogP contribution in [0.3, 0.4) is 0 Å². The minimum atomic E-state index is -0.364. The molecule has 1 unspecified atom stereocenters. The van der Waals surface area contributed by atoms with Crippen LogP contribution in [0.2, 0.25) is 0 Å². The largest absolute Gasteiger partial charge is 0.324 e. The molecular weight excluding hydrogens is 261 g/mol. The molecule has 0 saturated heterocycles. The zero-order chi connectivity index (χ0) is 13.2. The summed E-state index contributed by atoms with van der Waals surface area (Å²) in [6.07, 6.45) is 3.36. The number of rotatable bonds is 3. The monoisotopic (exact) mass is 273 g/mol.